The van der Waals surface area contributed by atoms with Gasteiger partial charge in [0.2, 0.25) is 5.91 Å². The van der Waals surface area contributed by atoms with Gasteiger partial charge in [0.05, 0.1) is 12.6 Å². The normalized spacial score (nSPS) is 21.2. The number of carbonyl (C=O) groups is 1. The summed E-state index contributed by atoms with van der Waals surface area (Å²) in [4.78, 5) is 13.4. The molecule has 5 nitrogen and oxygen atoms in total. The van der Waals surface area contributed by atoms with Gasteiger partial charge in [-0.1, -0.05) is 0 Å². The molecular formula is C13H25N3O2. The molecule has 2 aliphatic rings. The molecule has 2 fully saturated rings. The van der Waals surface area contributed by atoms with E-state index in [9.17, 15) is 4.79 Å². The van der Waals surface area contributed by atoms with Gasteiger partial charge in [0.1, 0.15) is 0 Å². The molecule has 0 radical (unpaired) electrons. The maximum absolute atomic E-state index is 11.3. The first kappa shape index (κ1) is 13.8. The topological polar surface area (TPSA) is 67.6 Å². The molecule has 1 atom stereocenters. The third-order valence-corrected chi connectivity index (χ3v) is 3.52. The summed E-state index contributed by atoms with van der Waals surface area (Å²) in [6, 6.07) is 0.271. The number of nitrogens with zero attached hydrogens (tertiary/aromatic N) is 1. The minimum atomic E-state index is -0.257. The van der Waals surface area contributed by atoms with Gasteiger partial charge in [0.25, 0.3) is 0 Å². The van der Waals surface area contributed by atoms with Crippen molar-refractivity contribution in [1.29, 1.82) is 0 Å². The Balaban J connectivity index is 1.57. The number of rotatable bonds is 10. The van der Waals surface area contributed by atoms with Gasteiger partial charge in [-0.2, -0.15) is 0 Å². The Labute approximate surface area is 109 Å². The van der Waals surface area contributed by atoms with Crippen molar-refractivity contribution in [1.82, 2.24) is 10.2 Å². The van der Waals surface area contributed by atoms with E-state index in [-0.39, 0.29) is 11.9 Å². The number of ether oxygens (including phenoxy) is 1. The van der Waals surface area contributed by atoms with E-state index in [4.69, 9.17) is 10.5 Å². The molecule has 1 unspecified atom stereocenters. The lowest BCUT2D eigenvalue weighted by atomic mass is 10.2. The maximum Gasteiger partial charge on any atom is 0.235 e. The summed E-state index contributed by atoms with van der Waals surface area (Å²) < 4.78 is 5.59. The monoisotopic (exact) mass is 255 g/mol. The standard InChI is InChI=1S/C13H25N3O2/c1-16(6-7-18-9-10-2-3-10)8-12(13(14)17)15-11-4-5-11/h10-12,15H,2-9H2,1H3,(H2,14,17). The van der Waals surface area contributed by atoms with Crippen LogP contribution in [0.2, 0.25) is 0 Å². The molecule has 0 spiro atoms. The number of likely N-dealkylation sites (N-methyl/N-ethyl adjacent to an activating group) is 1. The van der Waals surface area contributed by atoms with E-state index in [1.54, 1.807) is 0 Å². The Morgan fingerprint density at radius 3 is 2.72 bits per heavy atom. The predicted octanol–water partition coefficient (Wildman–Crippen LogP) is -0.0493. The van der Waals surface area contributed by atoms with Crippen molar-refractivity contribution in [2.45, 2.75) is 37.8 Å². The van der Waals surface area contributed by atoms with Crippen LogP contribution >= 0.6 is 0 Å². The van der Waals surface area contributed by atoms with E-state index < -0.39 is 0 Å². The van der Waals surface area contributed by atoms with Gasteiger partial charge < -0.3 is 20.7 Å². The second kappa shape index (κ2) is 6.50. The lowest BCUT2D eigenvalue weighted by Crippen LogP contribution is -2.49. The van der Waals surface area contributed by atoms with Crippen molar-refractivity contribution >= 4 is 5.91 Å². The highest BCUT2D eigenvalue weighted by Crippen LogP contribution is 2.28. The Morgan fingerprint density at radius 1 is 1.44 bits per heavy atom. The number of hydrogen-bond donors (Lipinski definition) is 2. The van der Waals surface area contributed by atoms with Crippen LogP contribution in [-0.4, -0.2) is 56.2 Å². The first-order valence-corrected chi connectivity index (χ1v) is 6.97. The number of hydrogen-bond acceptors (Lipinski definition) is 4. The molecule has 0 bridgehead atoms. The largest absolute Gasteiger partial charge is 0.380 e. The molecular weight excluding hydrogens is 230 g/mol. The summed E-state index contributed by atoms with van der Waals surface area (Å²) in [6.45, 7) is 3.15. The fraction of sp³-hybridized carbons (Fsp3) is 0.923. The van der Waals surface area contributed by atoms with Crippen LogP contribution in [0.5, 0.6) is 0 Å². The Bertz CT molecular complexity index is 277. The van der Waals surface area contributed by atoms with Crippen LogP contribution in [0.25, 0.3) is 0 Å². The number of primary amides is 1. The van der Waals surface area contributed by atoms with E-state index in [1.807, 2.05) is 7.05 Å². The van der Waals surface area contributed by atoms with E-state index in [2.05, 4.69) is 10.2 Å². The van der Waals surface area contributed by atoms with Gasteiger partial charge in [-0.15, -0.1) is 0 Å². The average molecular weight is 255 g/mol. The maximum atomic E-state index is 11.3. The van der Waals surface area contributed by atoms with Crippen molar-refractivity contribution in [2.24, 2.45) is 11.7 Å². The molecule has 2 rings (SSSR count). The zero-order valence-electron chi connectivity index (χ0n) is 11.2. The van der Waals surface area contributed by atoms with Gasteiger partial charge in [0.15, 0.2) is 0 Å². The fourth-order valence-electron chi connectivity index (χ4n) is 1.92. The van der Waals surface area contributed by atoms with E-state index in [1.165, 1.54) is 12.8 Å². The summed E-state index contributed by atoms with van der Waals surface area (Å²) >= 11 is 0. The molecule has 0 aromatic rings. The number of amides is 1. The predicted molar refractivity (Wildman–Crippen MR) is 70.2 cm³/mol. The van der Waals surface area contributed by atoms with Crippen LogP contribution in [0.4, 0.5) is 0 Å². The van der Waals surface area contributed by atoms with Crippen LogP contribution < -0.4 is 11.1 Å². The first-order valence-electron chi connectivity index (χ1n) is 6.97. The SMILES string of the molecule is CN(CCOCC1CC1)CC(NC1CC1)C(N)=O. The summed E-state index contributed by atoms with van der Waals surface area (Å²) in [7, 11) is 2.00. The van der Waals surface area contributed by atoms with Gasteiger partial charge >= 0.3 is 0 Å². The Morgan fingerprint density at radius 2 is 2.17 bits per heavy atom. The summed E-state index contributed by atoms with van der Waals surface area (Å²) in [5.41, 5.74) is 5.40. The summed E-state index contributed by atoms with van der Waals surface area (Å²) in [5.74, 6) is 0.554. The molecule has 0 saturated heterocycles. The van der Waals surface area contributed by atoms with Crippen molar-refractivity contribution < 1.29 is 9.53 Å². The molecule has 5 heteroatoms. The Kier molecular flexibility index (Phi) is 4.97. The summed E-state index contributed by atoms with van der Waals surface area (Å²) in [6.07, 6.45) is 4.98. The first-order chi connectivity index (χ1) is 8.65. The lowest BCUT2D eigenvalue weighted by molar-refractivity contribution is -0.120. The van der Waals surface area contributed by atoms with Crippen LogP contribution in [0.1, 0.15) is 25.7 Å². The van der Waals surface area contributed by atoms with Crippen LogP contribution in [0.3, 0.4) is 0 Å². The van der Waals surface area contributed by atoms with E-state index in [0.717, 1.165) is 38.5 Å². The lowest BCUT2D eigenvalue weighted by Gasteiger charge is -2.22. The van der Waals surface area contributed by atoms with Gasteiger partial charge in [-0.25, -0.2) is 0 Å². The average Bonchev–Trinajstić information content (AvgIpc) is 3.17. The number of nitrogens with two attached hydrogens (primary N) is 1. The quantitative estimate of drug-likeness (QED) is 0.537. The molecule has 2 aliphatic carbocycles. The van der Waals surface area contributed by atoms with E-state index >= 15 is 0 Å². The third-order valence-electron chi connectivity index (χ3n) is 3.52. The van der Waals surface area contributed by atoms with Crippen LogP contribution in [-0.2, 0) is 9.53 Å². The van der Waals surface area contributed by atoms with Crippen molar-refractivity contribution in [2.75, 3.05) is 33.4 Å². The molecule has 18 heavy (non-hydrogen) atoms. The molecule has 2 saturated carbocycles. The zero-order valence-corrected chi connectivity index (χ0v) is 11.2. The highest BCUT2D eigenvalue weighted by Gasteiger charge is 2.27. The van der Waals surface area contributed by atoms with Gasteiger partial charge in [0, 0.05) is 25.7 Å². The van der Waals surface area contributed by atoms with Gasteiger partial charge in [-0.3, -0.25) is 4.79 Å². The minimum absolute atomic E-state index is 0.231. The van der Waals surface area contributed by atoms with Gasteiger partial charge in [-0.05, 0) is 38.6 Å². The molecule has 3 N–H and O–H groups in total. The smallest absolute Gasteiger partial charge is 0.235 e. The molecule has 0 aliphatic heterocycles. The van der Waals surface area contributed by atoms with Crippen molar-refractivity contribution in [3.05, 3.63) is 0 Å². The number of carbonyl (C=O) groups excluding carboxylic acids is 1. The van der Waals surface area contributed by atoms with Crippen LogP contribution in [0.15, 0.2) is 0 Å². The number of nitrogens with one attached hydrogen (secondary N) is 1. The molecule has 0 aromatic carbocycles. The second-order valence-corrected chi connectivity index (χ2v) is 5.68. The molecule has 104 valence electrons. The minimum Gasteiger partial charge on any atom is -0.380 e. The molecule has 1 amide bonds. The third kappa shape index (κ3) is 5.33. The zero-order chi connectivity index (χ0) is 13.0. The molecule has 0 heterocycles. The van der Waals surface area contributed by atoms with E-state index in [0.29, 0.717) is 12.6 Å². The van der Waals surface area contributed by atoms with Crippen molar-refractivity contribution in [3.63, 3.8) is 0 Å². The highest BCUT2D eigenvalue weighted by molar-refractivity contribution is 5.80. The molecule has 0 aromatic heterocycles. The highest BCUT2D eigenvalue weighted by atomic mass is 16.5. The second-order valence-electron chi connectivity index (χ2n) is 5.68. The van der Waals surface area contributed by atoms with Crippen LogP contribution in [0, 0.1) is 5.92 Å². The summed E-state index contributed by atoms with van der Waals surface area (Å²) in [5, 5.41) is 3.28. The Hall–Kier alpha value is -0.650. The van der Waals surface area contributed by atoms with Crippen molar-refractivity contribution in [3.8, 4) is 0 Å². The fourth-order valence-corrected chi connectivity index (χ4v) is 1.92.